The SMILES string of the molecule is CN(Cc1cc(Cl)ccc1F)CC1(C#N)CCC1. The third kappa shape index (κ3) is 2.82. The standard InChI is InChI=1S/C14H16ClFN2/c1-18(10-14(9-17)5-2-6-14)8-11-7-12(15)3-4-13(11)16/h3-4,7H,2,5-6,8,10H2,1H3. The maximum Gasteiger partial charge on any atom is 0.127 e. The summed E-state index contributed by atoms with van der Waals surface area (Å²) in [5.41, 5.74) is 0.362. The van der Waals surface area contributed by atoms with Crippen molar-refractivity contribution < 1.29 is 4.39 Å². The first-order valence-electron chi connectivity index (χ1n) is 6.08. The van der Waals surface area contributed by atoms with E-state index in [1.807, 2.05) is 11.9 Å². The van der Waals surface area contributed by atoms with Gasteiger partial charge in [0.1, 0.15) is 5.82 Å². The van der Waals surface area contributed by atoms with Crippen LogP contribution < -0.4 is 0 Å². The van der Waals surface area contributed by atoms with Crippen LogP contribution in [-0.4, -0.2) is 18.5 Å². The molecule has 1 saturated carbocycles. The first-order valence-corrected chi connectivity index (χ1v) is 6.46. The molecule has 4 heteroatoms. The molecule has 0 N–H and O–H groups in total. The van der Waals surface area contributed by atoms with Crippen LogP contribution in [0.2, 0.25) is 5.02 Å². The molecule has 96 valence electrons. The fourth-order valence-corrected chi connectivity index (χ4v) is 2.63. The van der Waals surface area contributed by atoms with Gasteiger partial charge >= 0.3 is 0 Å². The maximum absolute atomic E-state index is 13.6. The number of benzene rings is 1. The highest BCUT2D eigenvalue weighted by Gasteiger charge is 2.38. The number of nitriles is 1. The highest BCUT2D eigenvalue weighted by Crippen LogP contribution is 2.40. The molecule has 1 fully saturated rings. The number of rotatable bonds is 4. The molecule has 0 saturated heterocycles. The summed E-state index contributed by atoms with van der Waals surface area (Å²) < 4.78 is 13.6. The Morgan fingerprint density at radius 3 is 2.78 bits per heavy atom. The highest BCUT2D eigenvalue weighted by molar-refractivity contribution is 6.30. The Hall–Kier alpha value is -1.11. The molecule has 2 nitrogen and oxygen atoms in total. The number of halogens is 2. The Labute approximate surface area is 112 Å². The predicted molar refractivity (Wildman–Crippen MR) is 69.6 cm³/mol. The van der Waals surface area contributed by atoms with E-state index < -0.39 is 0 Å². The molecule has 0 radical (unpaired) electrons. The Morgan fingerprint density at radius 2 is 2.22 bits per heavy atom. The van der Waals surface area contributed by atoms with E-state index in [2.05, 4.69) is 6.07 Å². The van der Waals surface area contributed by atoms with Crippen molar-refractivity contribution in [3.05, 3.63) is 34.6 Å². The molecule has 18 heavy (non-hydrogen) atoms. The van der Waals surface area contributed by atoms with Gasteiger partial charge < -0.3 is 4.90 Å². The van der Waals surface area contributed by atoms with E-state index in [1.54, 1.807) is 12.1 Å². The van der Waals surface area contributed by atoms with E-state index in [0.717, 1.165) is 19.3 Å². The summed E-state index contributed by atoms with van der Waals surface area (Å²) in [5.74, 6) is -0.245. The van der Waals surface area contributed by atoms with Gasteiger partial charge in [-0.15, -0.1) is 0 Å². The minimum absolute atomic E-state index is 0.218. The lowest BCUT2D eigenvalue weighted by Crippen LogP contribution is -2.39. The molecular formula is C14H16ClFN2. The van der Waals surface area contributed by atoms with E-state index in [0.29, 0.717) is 23.7 Å². The van der Waals surface area contributed by atoms with Crippen LogP contribution >= 0.6 is 11.6 Å². The lowest BCUT2D eigenvalue weighted by atomic mass is 9.69. The van der Waals surface area contributed by atoms with Gasteiger partial charge in [-0.2, -0.15) is 5.26 Å². The van der Waals surface area contributed by atoms with Crippen LogP contribution in [0.25, 0.3) is 0 Å². The summed E-state index contributed by atoms with van der Waals surface area (Å²) in [6, 6.07) is 6.97. The van der Waals surface area contributed by atoms with Gasteiger partial charge in [-0.1, -0.05) is 18.0 Å². The van der Waals surface area contributed by atoms with Gasteiger partial charge in [0, 0.05) is 23.7 Å². The number of hydrogen-bond acceptors (Lipinski definition) is 2. The second-order valence-electron chi connectivity index (χ2n) is 5.15. The molecule has 1 aliphatic carbocycles. The fourth-order valence-electron chi connectivity index (χ4n) is 2.44. The number of nitrogens with zero attached hydrogens (tertiary/aromatic N) is 2. The minimum Gasteiger partial charge on any atom is -0.300 e. The third-order valence-electron chi connectivity index (χ3n) is 3.57. The summed E-state index contributed by atoms with van der Waals surface area (Å²) >= 11 is 5.86. The van der Waals surface area contributed by atoms with Gasteiger partial charge in [-0.3, -0.25) is 0 Å². The summed E-state index contributed by atoms with van der Waals surface area (Å²) in [4.78, 5) is 2.00. The first-order chi connectivity index (χ1) is 8.54. The molecule has 0 heterocycles. The average molecular weight is 267 g/mol. The largest absolute Gasteiger partial charge is 0.300 e. The van der Waals surface area contributed by atoms with Crippen molar-refractivity contribution in [1.82, 2.24) is 4.90 Å². The van der Waals surface area contributed by atoms with Gasteiger partial charge in [0.15, 0.2) is 0 Å². The van der Waals surface area contributed by atoms with Crippen LogP contribution in [0.5, 0.6) is 0 Å². The zero-order valence-electron chi connectivity index (χ0n) is 10.4. The fraction of sp³-hybridized carbons (Fsp3) is 0.500. The van der Waals surface area contributed by atoms with Crippen LogP contribution in [0.3, 0.4) is 0 Å². The molecule has 0 aromatic heterocycles. The molecule has 0 aliphatic heterocycles. The lowest BCUT2D eigenvalue weighted by molar-refractivity contribution is 0.133. The molecule has 0 unspecified atom stereocenters. The van der Waals surface area contributed by atoms with Crippen molar-refractivity contribution in [2.75, 3.05) is 13.6 Å². The van der Waals surface area contributed by atoms with Crippen molar-refractivity contribution in [2.24, 2.45) is 5.41 Å². The van der Waals surface area contributed by atoms with Crippen LogP contribution in [-0.2, 0) is 6.54 Å². The van der Waals surface area contributed by atoms with Crippen LogP contribution in [0.4, 0.5) is 4.39 Å². The molecule has 0 amide bonds. The monoisotopic (exact) mass is 266 g/mol. The summed E-state index contributed by atoms with van der Waals surface area (Å²) in [6.07, 6.45) is 3.02. The van der Waals surface area contributed by atoms with E-state index in [4.69, 9.17) is 11.6 Å². The van der Waals surface area contributed by atoms with Gasteiger partial charge in [-0.25, -0.2) is 4.39 Å². The number of hydrogen-bond donors (Lipinski definition) is 0. The Kier molecular flexibility index (Phi) is 3.89. The van der Waals surface area contributed by atoms with Crippen molar-refractivity contribution in [3.63, 3.8) is 0 Å². The second-order valence-corrected chi connectivity index (χ2v) is 5.59. The van der Waals surface area contributed by atoms with Crippen LogP contribution in [0.1, 0.15) is 24.8 Å². The lowest BCUT2D eigenvalue weighted by Gasteiger charge is -2.38. The quantitative estimate of drug-likeness (QED) is 0.833. The van der Waals surface area contributed by atoms with Crippen molar-refractivity contribution in [1.29, 1.82) is 5.26 Å². The van der Waals surface area contributed by atoms with Crippen molar-refractivity contribution >= 4 is 11.6 Å². The minimum atomic E-state index is -0.245. The molecule has 1 aromatic carbocycles. The third-order valence-corrected chi connectivity index (χ3v) is 3.80. The second kappa shape index (κ2) is 5.26. The molecule has 1 aromatic rings. The first kappa shape index (κ1) is 13.3. The van der Waals surface area contributed by atoms with E-state index >= 15 is 0 Å². The molecular weight excluding hydrogens is 251 g/mol. The van der Waals surface area contributed by atoms with E-state index in [1.165, 1.54) is 6.07 Å². The maximum atomic E-state index is 13.6. The highest BCUT2D eigenvalue weighted by atomic mass is 35.5. The van der Waals surface area contributed by atoms with Crippen molar-refractivity contribution in [2.45, 2.75) is 25.8 Å². The summed E-state index contributed by atoms with van der Waals surface area (Å²) in [5, 5.41) is 9.72. The molecule has 0 bridgehead atoms. The molecule has 0 atom stereocenters. The smallest absolute Gasteiger partial charge is 0.127 e. The van der Waals surface area contributed by atoms with Crippen LogP contribution in [0.15, 0.2) is 18.2 Å². The van der Waals surface area contributed by atoms with E-state index in [9.17, 15) is 9.65 Å². The van der Waals surface area contributed by atoms with Gasteiger partial charge in [0.2, 0.25) is 0 Å². The Bertz CT molecular complexity index is 477. The van der Waals surface area contributed by atoms with Gasteiger partial charge in [0.25, 0.3) is 0 Å². The normalized spacial score (nSPS) is 17.3. The Morgan fingerprint density at radius 1 is 1.50 bits per heavy atom. The van der Waals surface area contributed by atoms with Gasteiger partial charge in [-0.05, 0) is 38.1 Å². The van der Waals surface area contributed by atoms with Crippen molar-refractivity contribution in [3.8, 4) is 6.07 Å². The van der Waals surface area contributed by atoms with E-state index in [-0.39, 0.29) is 11.2 Å². The molecule has 1 aliphatic rings. The molecule has 2 rings (SSSR count). The zero-order valence-corrected chi connectivity index (χ0v) is 11.2. The zero-order chi connectivity index (χ0) is 13.2. The molecule has 0 spiro atoms. The van der Waals surface area contributed by atoms with Gasteiger partial charge in [0.05, 0.1) is 11.5 Å². The Balaban J connectivity index is 2.01. The topological polar surface area (TPSA) is 27.0 Å². The summed E-state index contributed by atoms with van der Waals surface area (Å²) in [6.45, 7) is 1.17. The summed E-state index contributed by atoms with van der Waals surface area (Å²) in [7, 11) is 1.91. The average Bonchev–Trinajstić information content (AvgIpc) is 2.28. The predicted octanol–water partition coefficient (Wildman–Crippen LogP) is 3.60. The van der Waals surface area contributed by atoms with Crippen LogP contribution in [0, 0.1) is 22.6 Å².